The largest absolute Gasteiger partial charge is 0.497 e. The van der Waals surface area contributed by atoms with Crippen LogP contribution in [0, 0.1) is 0 Å². The molecule has 26 heavy (non-hydrogen) atoms. The predicted molar refractivity (Wildman–Crippen MR) is 97.5 cm³/mol. The van der Waals surface area contributed by atoms with Gasteiger partial charge in [-0.25, -0.2) is 0 Å². The Hall–Kier alpha value is -2.28. The van der Waals surface area contributed by atoms with Crippen LogP contribution in [0.5, 0.6) is 5.75 Å². The summed E-state index contributed by atoms with van der Waals surface area (Å²) in [4.78, 5) is 31.3. The number of halogens is 1. The first-order chi connectivity index (χ1) is 12.6. The minimum absolute atomic E-state index is 0.0789. The van der Waals surface area contributed by atoms with Crippen molar-refractivity contribution < 1.29 is 19.2 Å². The van der Waals surface area contributed by atoms with Gasteiger partial charge in [0.2, 0.25) is 12.0 Å². The number of carbonyl (C=O) groups excluding carboxylic acids is 2. The second-order valence-corrected chi connectivity index (χ2v) is 6.72. The minimum atomic E-state index is -0.714. The van der Waals surface area contributed by atoms with Crippen LogP contribution >= 0.6 is 11.6 Å². The van der Waals surface area contributed by atoms with Crippen LogP contribution in [0.1, 0.15) is 31.2 Å². The molecule has 1 fully saturated rings. The summed E-state index contributed by atoms with van der Waals surface area (Å²) in [6, 6.07) is 5.24. The molecule has 1 aromatic carbocycles. The van der Waals surface area contributed by atoms with Crippen LogP contribution in [0.25, 0.3) is 0 Å². The van der Waals surface area contributed by atoms with Crippen LogP contribution in [-0.4, -0.2) is 55.3 Å². The molecule has 0 radical (unpaired) electrons. The monoisotopic (exact) mass is 379 g/mol. The van der Waals surface area contributed by atoms with Crippen LogP contribution in [-0.2, 0) is 14.4 Å². The van der Waals surface area contributed by atoms with Crippen molar-refractivity contribution in [1.29, 1.82) is 0 Å². The van der Waals surface area contributed by atoms with Crippen molar-refractivity contribution >= 4 is 29.1 Å². The molecule has 7 nitrogen and oxygen atoms in total. The molecule has 2 heterocycles. The predicted octanol–water partition coefficient (Wildman–Crippen LogP) is 1.97. The number of hydrogen-bond donors (Lipinski definition) is 1. The van der Waals surface area contributed by atoms with Crippen molar-refractivity contribution in [2.45, 2.75) is 31.8 Å². The number of amides is 2. The highest BCUT2D eigenvalue weighted by molar-refractivity contribution is 6.34. The number of benzene rings is 1. The molecule has 8 heteroatoms. The van der Waals surface area contributed by atoms with Crippen LogP contribution in [0.15, 0.2) is 23.4 Å². The Morgan fingerprint density at radius 2 is 2.15 bits per heavy atom. The second kappa shape index (κ2) is 8.40. The molecular weight excluding hydrogens is 358 g/mol. The summed E-state index contributed by atoms with van der Waals surface area (Å²) in [6.45, 7) is 1.93. The SMILES string of the molecule is COc1ccc(Cl)c(C2=NO[C@H](C(=O)NCCC(=O)N3CCCC3)C2)c1. The normalized spacial score (nSPS) is 19.1. The maximum absolute atomic E-state index is 12.2. The highest BCUT2D eigenvalue weighted by Crippen LogP contribution is 2.27. The van der Waals surface area contributed by atoms with E-state index in [4.69, 9.17) is 21.2 Å². The maximum Gasteiger partial charge on any atom is 0.264 e. The molecule has 2 amide bonds. The summed E-state index contributed by atoms with van der Waals surface area (Å²) >= 11 is 6.21. The quantitative estimate of drug-likeness (QED) is 0.819. The van der Waals surface area contributed by atoms with Gasteiger partial charge in [0.05, 0.1) is 17.8 Å². The van der Waals surface area contributed by atoms with Gasteiger partial charge in [-0.3, -0.25) is 9.59 Å². The number of nitrogens with zero attached hydrogens (tertiary/aromatic N) is 2. The van der Waals surface area contributed by atoms with E-state index in [0.717, 1.165) is 25.9 Å². The molecule has 2 aliphatic heterocycles. The fourth-order valence-corrected chi connectivity index (χ4v) is 3.29. The average Bonchev–Trinajstić information content (AvgIpc) is 3.34. The minimum Gasteiger partial charge on any atom is -0.497 e. The third-order valence-electron chi connectivity index (χ3n) is 4.54. The van der Waals surface area contributed by atoms with Crippen molar-refractivity contribution in [3.05, 3.63) is 28.8 Å². The molecule has 1 aromatic rings. The summed E-state index contributed by atoms with van der Waals surface area (Å²) in [5.41, 5.74) is 1.28. The molecule has 0 unspecified atom stereocenters. The Balaban J connectivity index is 1.48. The van der Waals surface area contributed by atoms with Gasteiger partial charge in [0.1, 0.15) is 5.75 Å². The first kappa shape index (κ1) is 18.5. The van der Waals surface area contributed by atoms with Gasteiger partial charge >= 0.3 is 0 Å². The lowest BCUT2D eigenvalue weighted by Gasteiger charge is -2.15. The number of likely N-dealkylation sites (tertiary alicyclic amines) is 1. The third-order valence-corrected chi connectivity index (χ3v) is 4.87. The van der Waals surface area contributed by atoms with Gasteiger partial charge in [0.15, 0.2) is 0 Å². The smallest absolute Gasteiger partial charge is 0.264 e. The van der Waals surface area contributed by atoms with Gasteiger partial charge in [-0.1, -0.05) is 16.8 Å². The van der Waals surface area contributed by atoms with E-state index in [1.807, 2.05) is 4.90 Å². The Kier molecular flexibility index (Phi) is 5.98. The van der Waals surface area contributed by atoms with Crippen molar-refractivity contribution in [3.8, 4) is 5.75 Å². The van der Waals surface area contributed by atoms with Crippen molar-refractivity contribution in [3.63, 3.8) is 0 Å². The summed E-state index contributed by atoms with van der Waals surface area (Å²) < 4.78 is 5.19. The molecule has 0 aliphatic carbocycles. The second-order valence-electron chi connectivity index (χ2n) is 6.31. The lowest BCUT2D eigenvalue weighted by molar-refractivity contribution is -0.132. The zero-order valence-corrected chi connectivity index (χ0v) is 15.4. The molecule has 1 atom stereocenters. The topological polar surface area (TPSA) is 80.2 Å². The van der Waals surface area contributed by atoms with Crippen molar-refractivity contribution in [1.82, 2.24) is 10.2 Å². The van der Waals surface area contributed by atoms with Gasteiger partial charge < -0.3 is 19.8 Å². The van der Waals surface area contributed by atoms with E-state index in [2.05, 4.69) is 10.5 Å². The fourth-order valence-electron chi connectivity index (χ4n) is 3.06. The zero-order chi connectivity index (χ0) is 18.5. The third kappa shape index (κ3) is 4.27. The first-order valence-corrected chi connectivity index (χ1v) is 9.08. The lowest BCUT2D eigenvalue weighted by Crippen LogP contribution is -2.37. The van der Waals surface area contributed by atoms with Crippen LogP contribution in [0.4, 0.5) is 0 Å². The maximum atomic E-state index is 12.2. The molecule has 0 aromatic heterocycles. The van der Waals surface area contributed by atoms with E-state index in [-0.39, 0.29) is 11.8 Å². The van der Waals surface area contributed by atoms with E-state index in [0.29, 0.717) is 41.4 Å². The van der Waals surface area contributed by atoms with Gasteiger partial charge in [-0.05, 0) is 31.0 Å². The number of methoxy groups -OCH3 is 1. The molecule has 1 saturated heterocycles. The van der Waals surface area contributed by atoms with E-state index >= 15 is 0 Å². The zero-order valence-electron chi connectivity index (χ0n) is 14.7. The van der Waals surface area contributed by atoms with E-state index in [9.17, 15) is 9.59 Å². The summed E-state index contributed by atoms with van der Waals surface area (Å²) in [5.74, 6) is 0.452. The summed E-state index contributed by atoms with van der Waals surface area (Å²) in [6.07, 6.45) is 2.02. The van der Waals surface area contributed by atoms with Crippen molar-refractivity contribution in [2.75, 3.05) is 26.7 Å². The average molecular weight is 380 g/mol. The number of hydrogen-bond acceptors (Lipinski definition) is 5. The Morgan fingerprint density at radius 1 is 1.38 bits per heavy atom. The highest BCUT2D eigenvalue weighted by atomic mass is 35.5. The molecule has 140 valence electrons. The molecule has 2 aliphatic rings. The van der Waals surface area contributed by atoms with Gasteiger partial charge in [-0.15, -0.1) is 0 Å². The van der Waals surface area contributed by atoms with Crippen molar-refractivity contribution in [2.24, 2.45) is 5.16 Å². The highest BCUT2D eigenvalue weighted by Gasteiger charge is 2.30. The molecule has 0 bridgehead atoms. The fraction of sp³-hybridized carbons (Fsp3) is 0.500. The van der Waals surface area contributed by atoms with E-state index in [1.54, 1.807) is 25.3 Å². The van der Waals surface area contributed by atoms with Crippen LogP contribution < -0.4 is 10.1 Å². The Morgan fingerprint density at radius 3 is 2.88 bits per heavy atom. The molecule has 0 spiro atoms. The van der Waals surface area contributed by atoms with E-state index in [1.165, 1.54) is 0 Å². The summed E-state index contributed by atoms with van der Waals surface area (Å²) in [7, 11) is 1.57. The van der Waals surface area contributed by atoms with E-state index < -0.39 is 6.10 Å². The van der Waals surface area contributed by atoms with Crippen LogP contribution in [0.2, 0.25) is 5.02 Å². The number of ether oxygens (including phenoxy) is 1. The van der Waals surface area contributed by atoms with Gasteiger partial charge in [-0.2, -0.15) is 0 Å². The number of nitrogens with one attached hydrogen (secondary N) is 1. The number of oxime groups is 1. The summed E-state index contributed by atoms with van der Waals surface area (Å²) in [5, 5.41) is 7.26. The molecule has 3 rings (SSSR count). The lowest BCUT2D eigenvalue weighted by atomic mass is 10.0. The van der Waals surface area contributed by atoms with Gasteiger partial charge in [0.25, 0.3) is 5.91 Å². The first-order valence-electron chi connectivity index (χ1n) is 8.70. The van der Waals surface area contributed by atoms with Crippen LogP contribution in [0.3, 0.4) is 0 Å². The van der Waals surface area contributed by atoms with Gasteiger partial charge in [0, 0.05) is 38.0 Å². The molecule has 0 saturated carbocycles. The molecule has 1 N–H and O–H groups in total. The standard InChI is InChI=1S/C18H22ClN3O4/c1-25-12-4-5-14(19)13(10-12)15-11-16(26-21-15)18(24)20-7-6-17(23)22-8-2-3-9-22/h4-5,10,16H,2-3,6-9,11H2,1H3,(H,20,24)/t16-/m0/s1. The Labute approximate surface area is 157 Å². The molecular formula is C18H22ClN3O4. The number of rotatable bonds is 6. The Bertz CT molecular complexity index is 716. The number of carbonyl (C=O) groups is 2.